The van der Waals surface area contributed by atoms with E-state index in [2.05, 4.69) is 10.6 Å². The van der Waals surface area contributed by atoms with E-state index in [1.54, 1.807) is 24.3 Å². The minimum absolute atomic E-state index is 0.0894. The van der Waals surface area contributed by atoms with E-state index in [0.29, 0.717) is 22.1 Å². The summed E-state index contributed by atoms with van der Waals surface area (Å²) < 4.78 is 22.4. The average molecular weight is 392 g/mol. The number of halogens is 1. The first kappa shape index (κ1) is 19.3. The van der Waals surface area contributed by atoms with Crippen LogP contribution in [0.1, 0.15) is 0 Å². The topological polar surface area (TPSA) is 151 Å². The van der Waals surface area contributed by atoms with Crippen LogP contribution in [0.5, 0.6) is 0 Å². The molecular formula is C16H14ClN5O3S. The Morgan fingerprint density at radius 1 is 1.15 bits per heavy atom. The smallest absolute Gasteiger partial charge is 0.267 e. The van der Waals surface area contributed by atoms with Gasteiger partial charge in [-0.2, -0.15) is 5.26 Å². The highest BCUT2D eigenvalue weighted by Crippen LogP contribution is 2.22. The van der Waals surface area contributed by atoms with Gasteiger partial charge >= 0.3 is 0 Å². The molecule has 0 aromatic heterocycles. The van der Waals surface area contributed by atoms with E-state index in [4.69, 9.17) is 27.7 Å². The molecule has 0 fully saturated rings. The lowest BCUT2D eigenvalue weighted by atomic mass is 10.2. The molecule has 0 bridgehead atoms. The molecule has 134 valence electrons. The van der Waals surface area contributed by atoms with Crippen LogP contribution in [0.15, 0.2) is 59.1 Å². The van der Waals surface area contributed by atoms with Gasteiger partial charge in [0.1, 0.15) is 11.6 Å². The number of nitrogen functional groups attached to an aromatic ring is 1. The second kappa shape index (κ2) is 7.88. The van der Waals surface area contributed by atoms with E-state index >= 15 is 0 Å². The maximum Gasteiger partial charge on any atom is 0.267 e. The maximum absolute atomic E-state index is 12.1. The number of carbonyl (C=O) groups is 1. The predicted octanol–water partition coefficient (Wildman–Crippen LogP) is 2.03. The normalized spacial score (nSPS) is 11.5. The molecule has 0 heterocycles. The molecule has 2 aromatic carbocycles. The molecule has 1 amide bonds. The van der Waals surface area contributed by atoms with Gasteiger partial charge in [0.15, 0.2) is 0 Å². The summed E-state index contributed by atoms with van der Waals surface area (Å²) in [4.78, 5) is 12.0. The second-order valence-corrected chi connectivity index (χ2v) is 7.04. The number of anilines is 3. The van der Waals surface area contributed by atoms with Crippen molar-refractivity contribution in [2.24, 2.45) is 5.14 Å². The summed E-state index contributed by atoms with van der Waals surface area (Å²) in [6.07, 6.45) is 1.22. The van der Waals surface area contributed by atoms with Gasteiger partial charge in [-0.15, -0.1) is 0 Å². The van der Waals surface area contributed by atoms with Crippen molar-refractivity contribution in [3.63, 3.8) is 0 Å². The highest BCUT2D eigenvalue weighted by molar-refractivity contribution is 7.89. The van der Waals surface area contributed by atoms with Crippen LogP contribution >= 0.6 is 11.6 Å². The van der Waals surface area contributed by atoms with Gasteiger partial charge in [0, 0.05) is 17.6 Å². The van der Waals surface area contributed by atoms with Crippen LogP contribution in [-0.2, 0) is 14.8 Å². The van der Waals surface area contributed by atoms with Crippen molar-refractivity contribution < 1.29 is 13.2 Å². The number of nitrogens with two attached hydrogens (primary N) is 2. The fourth-order valence-electron chi connectivity index (χ4n) is 1.85. The van der Waals surface area contributed by atoms with Gasteiger partial charge in [-0.3, -0.25) is 4.79 Å². The van der Waals surface area contributed by atoms with Crippen LogP contribution in [0.2, 0.25) is 5.02 Å². The van der Waals surface area contributed by atoms with Crippen LogP contribution in [0, 0.1) is 11.3 Å². The van der Waals surface area contributed by atoms with E-state index in [9.17, 15) is 13.2 Å². The Kier molecular flexibility index (Phi) is 5.84. The first-order chi connectivity index (χ1) is 12.2. The fraction of sp³-hybridized carbons (Fsp3) is 0. The number of primary sulfonamides is 1. The third-order valence-corrected chi connectivity index (χ3v) is 4.45. The van der Waals surface area contributed by atoms with E-state index in [-0.39, 0.29) is 10.5 Å². The lowest BCUT2D eigenvalue weighted by Gasteiger charge is -2.07. The SMILES string of the molecule is N#C/C(=C/Nc1ccc(N)c(Cl)c1)C(=O)Nc1ccc(S(N)(=O)=O)cc1. The van der Waals surface area contributed by atoms with Crippen LogP contribution in [0.4, 0.5) is 17.1 Å². The zero-order chi connectivity index (χ0) is 19.3. The lowest BCUT2D eigenvalue weighted by Crippen LogP contribution is -2.15. The molecule has 0 aliphatic rings. The first-order valence-electron chi connectivity index (χ1n) is 7.07. The number of sulfonamides is 1. The second-order valence-electron chi connectivity index (χ2n) is 5.07. The van der Waals surface area contributed by atoms with Crippen LogP contribution in [0.25, 0.3) is 0 Å². The first-order valence-corrected chi connectivity index (χ1v) is 8.99. The van der Waals surface area contributed by atoms with Gasteiger partial charge < -0.3 is 16.4 Å². The molecule has 26 heavy (non-hydrogen) atoms. The summed E-state index contributed by atoms with van der Waals surface area (Å²) in [5.74, 6) is -0.676. The predicted molar refractivity (Wildman–Crippen MR) is 99.6 cm³/mol. The van der Waals surface area contributed by atoms with Crippen molar-refractivity contribution in [3.05, 3.63) is 59.3 Å². The van der Waals surface area contributed by atoms with Gasteiger partial charge in [-0.05, 0) is 42.5 Å². The molecule has 0 aliphatic carbocycles. The van der Waals surface area contributed by atoms with Crippen molar-refractivity contribution in [1.29, 1.82) is 5.26 Å². The lowest BCUT2D eigenvalue weighted by molar-refractivity contribution is -0.112. The van der Waals surface area contributed by atoms with Crippen LogP contribution < -0.4 is 21.5 Å². The molecule has 0 unspecified atom stereocenters. The zero-order valence-electron chi connectivity index (χ0n) is 13.2. The maximum atomic E-state index is 12.1. The molecule has 6 N–H and O–H groups in total. The molecule has 0 atom stereocenters. The monoisotopic (exact) mass is 391 g/mol. The number of hydrogen-bond donors (Lipinski definition) is 4. The number of nitriles is 1. The summed E-state index contributed by atoms with van der Waals surface area (Å²) in [7, 11) is -3.82. The number of nitrogens with zero attached hydrogens (tertiary/aromatic N) is 1. The summed E-state index contributed by atoms with van der Waals surface area (Å²) >= 11 is 5.90. The molecule has 8 nitrogen and oxygen atoms in total. The molecule has 0 aliphatic heterocycles. The number of nitrogens with one attached hydrogen (secondary N) is 2. The zero-order valence-corrected chi connectivity index (χ0v) is 14.8. The van der Waals surface area contributed by atoms with Crippen molar-refractivity contribution in [3.8, 4) is 6.07 Å². The minimum Gasteiger partial charge on any atom is -0.398 e. The molecular weight excluding hydrogens is 378 g/mol. The van der Waals surface area contributed by atoms with Gasteiger partial charge in [-0.1, -0.05) is 11.6 Å². The van der Waals surface area contributed by atoms with E-state index in [1.807, 2.05) is 0 Å². The highest BCUT2D eigenvalue weighted by Gasteiger charge is 2.11. The Balaban J connectivity index is 2.10. The quantitative estimate of drug-likeness (QED) is 0.347. The molecule has 0 saturated carbocycles. The van der Waals surface area contributed by atoms with E-state index in [0.717, 1.165) is 0 Å². The molecule has 2 rings (SSSR count). The molecule has 0 radical (unpaired) electrons. The summed E-state index contributed by atoms with van der Waals surface area (Å²) in [5.41, 5.74) is 6.66. The van der Waals surface area contributed by atoms with Crippen LogP contribution in [-0.4, -0.2) is 14.3 Å². The number of carbonyl (C=O) groups excluding carboxylic acids is 1. The van der Waals surface area contributed by atoms with Gasteiger partial charge in [-0.25, -0.2) is 13.6 Å². The Morgan fingerprint density at radius 3 is 2.31 bits per heavy atom. The van der Waals surface area contributed by atoms with Gasteiger partial charge in [0.2, 0.25) is 10.0 Å². The Hall–Kier alpha value is -3.06. The number of amides is 1. The summed E-state index contributed by atoms with van der Waals surface area (Å²) in [6, 6.07) is 11.7. The molecule has 2 aromatic rings. The minimum atomic E-state index is -3.82. The third kappa shape index (κ3) is 4.97. The largest absolute Gasteiger partial charge is 0.398 e. The van der Waals surface area contributed by atoms with Crippen LogP contribution in [0.3, 0.4) is 0 Å². The Bertz CT molecular complexity index is 1010. The summed E-state index contributed by atoms with van der Waals surface area (Å²) in [6.45, 7) is 0. The van der Waals surface area contributed by atoms with Crippen molar-refractivity contribution in [1.82, 2.24) is 0 Å². The highest BCUT2D eigenvalue weighted by atomic mass is 35.5. The summed E-state index contributed by atoms with van der Waals surface area (Å²) in [5, 5.41) is 19.7. The Morgan fingerprint density at radius 2 is 1.77 bits per heavy atom. The standard InChI is InChI=1S/C16H14ClN5O3S/c17-14-7-12(3-6-15(14)19)21-9-10(8-18)16(23)22-11-1-4-13(5-2-11)26(20,24)25/h1-7,9,21H,19H2,(H,22,23)(H2,20,24,25)/b10-9-. The van der Waals surface area contributed by atoms with Crippen molar-refractivity contribution >= 4 is 44.6 Å². The third-order valence-electron chi connectivity index (χ3n) is 3.19. The number of hydrogen-bond acceptors (Lipinski definition) is 6. The fourth-order valence-corrected chi connectivity index (χ4v) is 2.54. The van der Waals surface area contributed by atoms with E-state index < -0.39 is 15.9 Å². The number of benzene rings is 2. The van der Waals surface area contributed by atoms with Crippen molar-refractivity contribution in [2.45, 2.75) is 4.90 Å². The van der Waals surface area contributed by atoms with Gasteiger partial charge in [0.05, 0.1) is 15.6 Å². The van der Waals surface area contributed by atoms with Crippen molar-refractivity contribution in [2.75, 3.05) is 16.4 Å². The molecule has 0 spiro atoms. The van der Waals surface area contributed by atoms with E-state index in [1.165, 1.54) is 30.5 Å². The van der Waals surface area contributed by atoms with Gasteiger partial charge in [0.25, 0.3) is 5.91 Å². The number of rotatable bonds is 5. The molecule has 10 heteroatoms. The molecule has 0 saturated heterocycles. The average Bonchev–Trinajstić information content (AvgIpc) is 2.58. The Labute approximate surface area is 155 Å².